The van der Waals surface area contributed by atoms with Crippen LogP contribution in [0.5, 0.6) is 0 Å². The summed E-state index contributed by atoms with van der Waals surface area (Å²) in [6, 6.07) is 8.49. The minimum absolute atomic E-state index is 0.513. The number of rotatable bonds is 5. The SMILES string of the molecule is [N-]=[N+]=NCCC=Cc1ccc(N2CCOCC2)cc1. The quantitative estimate of drug-likeness (QED) is 0.352. The second-order valence-corrected chi connectivity index (χ2v) is 4.34. The van der Waals surface area contributed by atoms with Crippen molar-refractivity contribution in [2.24, 2.45) is 5.11 Å². The lowest BCUT2D eigenvalue weighted by molar-refractivity contribution is 0.122. The van der Waals surface area contributed by atoms with Gasteiger partial charge < -0.3 is 9.64 Å². The summed E-state index contributed by atoms with van der Waals surface area (Å²) in [7, 11) is 0. The van der Waals surface area contributed by atoms with Gasteiger partial charge in [0.15, 0.2) is 0 Å². The molecule has 1 aromatic rings. The number of hydrogen-bond acceptors (Lipinski definition) is 3. The number of benzene rings is 1. The van der Waals surface area contributed by atoms with Gasteiger partial charge in [0.25, 0.3) is 0 Å². The molecular formula is C14H18N4O. The number of hydrogen-bond donors (Lipinski definition) is 0. The highest BCUT2D eigenvalue weighted by atomic mass is 16.5. The van der Waals surface area contributed by atoms with Crippen LogP contribution in [0.2, 0.25) is 0 Å². The predicted molar refractivity (Wildman–Crippen MR) is 77.1 cm³/mol. The summed E-state index contributed by atoms with van der Waals surface area (Å²) in [5.74, 6) is 0. The normalized spacial score (nSPS) is 15.5. The van der Waals surface area contributed by atoms with Crippen LogP contribution in [0.1, 0.15) is 12.0 Å². The second kappa shape index (κ2) is 7.46. The van der Waals surface area contributed by atoms with Crippen molar-refractivity contribution in [2.45, 2.75) is 6.42 Å². The molecule has 0 spiro atoms. The van der Waals surface area contributed by atoms with Crippen molar-refractivity contribution >= 4 is 11.8 Å². The van der Waals surface area contributed by atoms with Gasteiger partial charge in [-0.05, 0) is 29.6 Å². The zero-order valence-corrected chi connectivity index (χ0v) is 10.9. The molecule has 0 amide bonds. The van der Waals surface area contributed by atoms with Crippen LogP contribution in [-0.4, -0.2) is 32.8 Å². The van der Waals surface area contributed by atoms with E-state index in [1.807, 2.05) is 6.08 Å². The molecule has 1 aliphatic rings. The first-order valence-corrected chi connectivity index (χ1v) is 6.50. The Hall–Kier alpha value is -1.97. The highest BCUT2D eigenvalue weighted by molar-refractivity contribution is 5.56. The summed E-state index contributed by atoms with van der Waals surface area (Å²) >= 11 is 0. The van der Waals surface area contributed by atoms with Gasteiger partial charge in [-0.2, -0.15) is 0 Å². The van der Waals surface area contributed by atoms with E-state index in [0.29, 0.717) is 6.54 Å². The lowest BCUT2D eigenvalue weighted by Gasteiger charge is -2.28. The van der Waals surface area contributed by atoms with E-state index in [4.69, 9.17) is 10.3 Å². The molecule has 1 heterocycles. The van der Waals surface area contributed by atoms with Crippen LogP contribution in [-0.2, 0) is 4.74 Å². The van der Waals surface area contributed by atoms with Crippen molar-refractivity contribution in [3.8, 4) is 0 Å². The minimum Gasteiger partial charge on any atom is -0.378 e. The molecule has 0 aliphatic carbocycles. The van der Waals surface area contributed by atoms with Crippen molar-refractivity contribution in [2.75, 3.05) is 37.7 Å². The van der Waals surface area contributed by atoms with E-state index in [1.165, 1.54) is 5.69 Å². The van der Waals surface area contributed by atoms with Gasteiger partial charge in [0.05, 0.1) is 13.2 Å². The first-order chi connectivity index (χ1) is 9.40. The van der Waals surface area contributed by atoms with Gasteiger partial charge in [-0.3, -0.25) is 0 Å². The molecule has 0 bridgehead atoms. The van der Waals surface area contributed by atoms with Gasteiger partial charge in [0.1, 0.15) is 0 Å². The molecule has 0 saturated carbocycles. The summed E-state index contributed by atoms with van der Waals surface area (Å²) in [6.07, 6.45) is 4.85. The van der Waals surface area contributed by atoms with Gasteiger partial charge in [-0.15, -0.1) is 0 Å². The largest absolute Gasteiger partial charge is 0.378 e. The van der Waals surface area contributed by atoms with E-state index in [0.717, 1.165) is 38.3 Å². The smallest absolute Gasteiger partial charge is 0.0642 e. The molecule has 1 aliphatic heterocycles. The third-order valence-corrected chi connectivity index (χ3v) is 3.04. The van der Waals surface area contributed by atoms with Gasteiger partial charge >= 0.3 is 0 Å². The Morgan fingerprint density at radius 2 is 2.00 bits per heavy atom. The standard InChI is InChI=1S/C14H18N4O/c15-17-16-8-2-1-3-13-4-6-14(7-5-13)18-9-11-19-12-10-18/h1,3-7H,2,8-12H2. The Morgan fingerprint density at radius 1 is 1.26 bits per heavy atom. The number of azide groups is 1. The monoisotopic (exact) mass is 258 g/mol. The fraction of sp³-hybridized carbons (Fsp3) is 0.429. The molecule has 1 saturated heterocycles. The molecule has 0 N–H and O–H groups in total. The Labute approximate surface area is 113 Å². The summed E-state index contributed by atoms with van der Waals surface area (Å²) in [5, 5.41) is 3.49. The maximum Gasteiger partial charge on any atom is 0.0642 e. The van der Waals surface area contributed by atoms with Gasteiger partial charge in [-0.1, -0.05) is 29.4 Å². The summed E-state index contributed by atoms with van der Waals surface area (Å²) < 4.78 is 5.34. The first kappa shape index (κ1) is 13.5. The summed E-state index contributed by atoms with van der Waals surface area (Å²) in [4.78, 5) is 5.05. The van der Waals surface area contributed by atoms with Crippen molar-refractivity contribution in [3.63, 3.8) is 0 Å². The fourth-order valence-corrected chi connectivity index (χ4v) is 2.01. The lowest BCUT2D eigenvalue weighted by Crippen LogP contribution is -2.36. The average molecular weight is 258 g/mol. The van der Waals surface area contributed by atoms with Crippen molar-refractivity contribution in [1.29, 1.82) is 0 Å². The number of anilines is 1. The minimum atomic E-state index is 0.513. The fourth-order valence-electron chi connectivity index (χ4n) is 2.01. The molecule has 1 aromatic carbocycles. The van der Waals surface area contributed by atoms with Crippen LogP contribution >= 0.6 is 0 Å². The van der Waals surface area contributed by atoms with Crippen molar-refractivity contribution < 1.29 is 4.74 Å². The van der Waals surface area contributed by atoms with E-state index in [1.54, 1.807) is 0 Å². The predicted octanol–water partition coefficient (Wildman–Crippen LogP) is 3.24. The van der Waals surface area contributed by atoms with Gasteiger partial charge in [0, 0.05) is 30.2 Å². The molecule has 5 heteroatoms. The summed E-state index contributed by atoms with van der Waals surface area (Å²) in [5.41, 5.74) is 10.6. The zero-order valence-electron chi connectivity index (χ0n) is 10.9. The molecule has 19 heavy (non-hydrogen) atoms. The maximum atomic E-state index is 8.16. The molecule has 0 aromatic heterocycles. The topological polar surface area (TPSA) is 61.2 Å². The zero-order chi connectivity index (χ0) is 13.3. The third-order valence-electron chi connectivity index (χ3n) is 3.04. The van der Waals surface area contributed by atoms with E-state index in [-0.39, 0.29) is 0 Å². The molecule has 0 atom stereocenters. The Kier molecular flexibility index (Phi) is 5.29. The number of nitrogens with zero attached hydrogens (tertiary/aromatic N) is 4. The number of morpholine rings is 1. The molecule has 100 valence electrons. The Balaban J connectivity index is 1.88. The maximum absolute atomic E-state index is 8.16. The summed E-state index contributed by atoms with van der Waals surface area (Å²) in [6.45, 7) is 4.05. The molecule has 0 radical (unpaired) electrons. The third kappa shape index (κ3) is 4.32. The lowest BCUT2D eigenvalue weighted by atomic mass is 10.1. The van der Waals surface area contributed by atoms with E-state index in [2.05, 4.69) is 45.3 Å². The number of ether oxygens (including phenoxy) is 1. The van der Waals surface area contributed by atoms with Crippen LogP contribution < -0.4 is 4.90 Å². The molecule has 0 unspecified atom stereocenters. The van der Waals surface area contributed by atoms with Crippen LogP contribution in [0.15, 0.2) is 35.5 Å². The van der Waals surface area contributed by atoms with E-state index < -0.39 is 0 Å². The van der Waals surface area contributed by atoms with E-state index in [9.17, 15) is 0 Å². The van der Waals surface area contributed by atoms with Gasteiger partial charge in [0.2, 0.25) is 0 Å². The van der Waals surface area contributed by atoms with Crippen molar-refractivity contribution in [1.82, 2.24) is 0 Å². The van der Waals surface area contributed by atoms with Crippen LogP contribution in [0.4, 0.5) is 5.69 Å². The van der Waals surface area contributed by atoms with Gasteiger partial charge in [-0.25, -0.2) is 0 Å². The molecule has 5 nitrogen and oxygen atoms in total. The Morgan fingerprint density at radius 3 is 2.68 bits per heavy atom. The van der Waals surface area contributed by atoms with Crippen LogP contribution in [0, 0.1) is 0 Å². The van der Waals surface area contributed by atoms with E-state index >= 15 is 0 Å². The first-order valence-electron chi connectivity index (χ1n) is 6.50. The molecule has 1 fully saturated rings. The average Bonchev–Trinajstić information content (AvgIpc) is 2.49. The second-order valence-electron chi connectivity index (χ2n) is 4.34. The molecular weight excluding hydrogens is 240 g/mol. The highest BCUT2D eigenvalue weighted by Gasteiger charge is 2.10. The highest BCUT2D eigenvalue weighted by Crippen LogP contribution is 2.17. The Bertz CT molecular complexity index is 457. The van der Waals surface area contributed by atoms with Crippen LogP contribution in [0.3, 0.4) is 0 Å². The van der Waals surface area contributed by atoms with Crippen molar-refractivity contribution in [3.05, 3.63) is 46.3 Å². The molecule has 2 rings (SSSR count). The van der Waals surface area contributed by atoms with Crippen LogP contribution in [0.25, 0.3) is 16.5 Å².